The van der Waals surface area contributed by atoms with Gasteiger partial charge in [0.25, 0.3) is 0 Å². The number of esters is 1. The molecule has 4 unspecified atom stereocenters. The molecule has 2 aliphatic rings. The molecule has 0 aromatic rings. The van der Waals surface area contributed by atoms with E-state index in [1.54, 1.807) is 6.92 Å². The monoisotopic (exact) mass is 211 g/mol. The second-order valence-electron chi connectivity index (χ2n) is 5.01. The highest BCUT2D eigenvalue weighted by molar-refractivity contribution is 5.99. The lowest BCUT2D eigenvalue weighted by Gasteiger charge is -2.47. The van der Waals surface area contributed by atoms with Gasteiger partial charge in [0.15, 0.2) is 5.54 Å². The molecule has 0 saturated carbocycles. The maximum atomic E-state index is 11.6. The summed E-state index contributed by atoms with van der Waals surface area (Å²) in [6, 6.07) is 0. The summed E-state index contributed by atoms with van der Waals surface area (Å²) >= 11 is 0. The van der Waals surface area contributed by atoms with Crippen LogP contribution in [0.5, 0.6) is 0 Å². The number of nitrogens with one attached hydrogen (secondary N) is 1. The van der Waals surface area contributed by atoms with E-state index in [1.165, 1.54) is 0 Å². The number of carbonyl (C=O) groups is 2. The lowest BCUT2D eigenvalue weighted by atomic mass is 9.71. The summed E-state index contributed by atoms with van der Waals surface area (Å²) in [5.74, 6) is -0.114. The van der Waals surface area contributed by atoms with Crippen molar-refractivity contribution in [2.75, 3.05) is 0 Å². The van der Waals surface area contributed by atoms with E-state index < -0.39 is 5.54 Å². The fraction of sp³-hybridized carbons (Fsp3) is 0.818. The molecule has 0 aromatic carbocycles. The highest BCUT2D eigenvalue weighted by atomic mass is 16.6. The lowest BCUT2D eigenvalue weighted by Crippen LogP contribution is -2.71. The van der Waals surface area contributed by atoms with Crippen LogP contribution in [0.25, 0.3) is 0 Å². The van der Waals surface area contributed by atoms with E-state index in [4.69, 9.17) is 4.74 Å². The SMILES string of the molecule is CC(C)C(C)C12NC(=O)C(C)C1OC2=O. The topological polar surface area (TPSA) is 55.4 Å². The average molecular weight is 211 g/mol. The molecule has 2 saturated heterocycles. The van der Waals surface area contributed by atoms with Crippen molar-refractivity contribution in [1.29, 1.82) is 0 Å². The van der Waals surface area contributed by atoms with Crippen LogP contribution in [0.3, 0.4) is 0 Å². The molecule has 4 nitrogen and oxygen atoms in total. The molecule has 2 fully saturated rings. The number of ether oxygens (including phenoxy) is 1. The van der Waals surface area contributed by atoms with Gasteiger partial charge in [-0.05, 0) is 18.8 Å². The predicted octanol–water partition coefficient (Wildman–Crippen LogP) is 0.709. The minimum Gasteiger partial charge on any atom is -0.457 e. The molecule has 1 N–H and O–H groups in total. The number of fused-ring (bicyclic) bond motifs is 1. The Labute approximate surface area is 89.4 Å². The minimum absolute atomic E-state index is 0.0710. The van der Waals surface area contributed by atoms with Crippen molar-refractivity contribution in [3.63, 3.8) is 0 Å². The van der Waals surface area contributed by atoms with Crippen molar-refractivity contribution in [2.24, 2.45) is 17.8 Å². The number of amides is 1. The van der Waals surface area contributed by atoms with E-state index in [1.807, 2.05) is 6.92 Å². The highest BCUT2D eigenvalue weighted by Gasteiger charge is 2.69. The van der Waals surface area contributed by atoms with E-state index in [0.717, 1.165) is 0 Å². The molecule has 2 rings (SSSR count). The third kappa shape index (κ3) is 1.08. The van der Waals surface area contributed by atoms with Gasteiger partial charge in [-0.1, -0.05) is 20.8 Å². The van der Waals surface area contributed by atoms with Crippen LogP contribution >= 0.6 is 0 Å². The lowest BCUT2D eigenvalue weighted by molar-refractivity contribution is -0.199. The Morgan fingerprint density at radius 3 is 2.33 bits per heavy atom. The second kappa shape index (κ2) is 2.97. The molecule has 2 heterocycles. The molecule has 0 radical (unpaired) electrons. The summed E-state index contributed by atoms with van der Waals surface area (Å²) in [6.45, 7) is 7.91. The molecule has 84 valence electrons. The van der Waals surface area contributed by atoms with Crippen molar-refractivity contribution >= 4 is 11.9 Å². The molecular formula is C11H17NO3. The van der Waals surface area contributed by atoms with Crippen LogP contribution in [-0.2, 0) is 14.3 Å². The van der Waals surface area contributed by atoms with Gasteiger partial charge in [0.2, 0.25) is 5.91 Å². The fourth-order valence-electron chi connectivity index (χ4n) is 2.52. The van der Waals surface area contributed by atoms with Gasteiger partial charge in [-0.15, -0.1) is 0 Å². The Bertz CT molecular complexity index is 326. The van der Waals surface area contributed by atoms with Crippen LogP contribution in [0.2, 0.25) is 0 Å². The van der Waals surface area contributed by atoms with Crippen molar-refractivity contribution < 1.29 is 14.3 Å². The van der Waals surface area contributed by atoms with Crippen LogP contribution in [0, 0.1) is 17.8 Å². The molecule has 0 aromatic heterocycles. The summed E-state index contributed by atoms with van der Waals surface area (Å²) < 4.78 is 5.10. The molecule has 0 bridgehead atoms. The van der Waals surface area contributed by atoms with Gasteiger partial charge in [0, 0.05) is 0 Å². The second-order valence-corrected chi connectivity index (χ2v) is 5.01. The number of hydrogen-bond donors (Lipinski definition) is 1. The van der Waals surface area contributed by atoms with Gasteiger partial charge < -0.3 is 10.1 Å². The van der Waals surface area contributed by atoms with Crippen LogP contribution in [0.4, 0.5) is 0 Å². The van der Waals surface area contributed by atoms with E-state index >= 15 is 0 Å². The third-order valence-corrected chi connectivity index (χ3v) is 3.94. The van der Waals surface area contributed by atoms with Crippen molar-refractivity contribution in [1.82, 2.24) is 5.32 Å². The number of rotatable bonds is 2. The molecule has 0 spiro atoms. The normalized spacial score (nSPS) is 40.6. The van der Waals surface area contributed by atoms with Gasteiger partial charge in [0.1, 0.15) is 6.10 Å². The maximum absolute atomic E-state index is 11.6. The first-order valence-electron chi connectivity index (χ1n) is 5.44. The van der Waals surface area contributed by atoms with E-state index in [0.29, 0.717) is 5.92 Å². The van der Waals surface area contributed by atoms with Gasteiger partial charge in [-0.3, -0.25) is 4.79 Å². The predicted molar refractivity (Wildman–Crippen MR) is 53.9 cm³/mol. The summed E-state index contributed by atoms with van der Waals surface area (Å²) in [7, 11) is 0. The Morgan fingerprint density at radius 2 is 1.93 bits per heavy atom. The number of hydrogen-bond acceptors (Lipinski definition) is 3. The average Bonchev–Trinajstić information content (AvgIpc) is 2.37. The third-order valence-electron chi connectivity index (χ3n) is 3.94. The number of carbonyl (C=O) groups excluding carboxylic acids is 2. The van der Waals surface area contributed by atoms with Gasteiger partial charge in [0.05, 0.1) is 5.92 Å². The summed E-state index contributed by atoms with van der Waals surface area (Å²) in [4.78, 5) is 23.2. The largest absolute Gasteiger partial charge is 0.457 e. The Kier molecular flexibility index (Phi) is 2.07. The molecule has 4 atom stereocenters. The Morgan fingerprint density at radius 1 is 1.33 bits per heavy atom. The van der Waals surface area contributed by atoms with Gasteiger partial charge in [-0.2, -0.15) is 0 Å². The molecule has 15 heavy (non-hydrogen) atoms. The highest BCUT2D eigenvalue weighted by Crippen LogP contribution is 2.45. The first kappa shape index (κ1) is 10.5. The zero-order chi connectivity index (χ0) is 11.4. The van der Waals surface area contributed by atoms with E-state index in [9.17, 15) is 9.59 Å². The quantitative estimate of drug-likeness (QED) is 0.684. The fourth-order valence-corrected chi connectivity index (χ4v) is 2.52. The molecule has 4 heteroatoms. The van der Waals surface area contributed by atoms with Crippen LogP contribution in [-0.4, -0.2) is 23.5 Å². The Balaban J connectivity index is 2.33. The first-order valence-corrected chi connectivity index (χ1v) is 5.44. The molecule has 0 aliphatic carbocycles. The van der Waals surface area contributed by atoms with Crippen molar-refractivity contribution in [3.8, 4) is 0 Å². The molecular weight excluding hydrogens is 194 g/mol. The van der Waals surface area contributed by atoms with Gasteiger partial charge >= 0.3 is 5.97 Å². The van der Waals surface area contributed by atoms with Crippen LogP contribution in [0.1, 0.15) is 27.7 Å². The summed E-state index contributed by atoms with van der Waals surface area (Å²) in [6.07, 6.45) is -0.269. The maximum Gasteiger partial charge on any atom is 0.336 e. The standard InChI is InChI=1S/C11H17NO3/c1-5(2)7(4)11-8(15-10(11)14)6(3)9(13)12-11/h5-8H,1-4H3,(H,12,13). The van der Waals surface area contributed by atoms with Gasteiger partial charge in [-0.25, -0.2) is 4.79 Å². The summed E-state index contributed by atoms with van der Waals surface area (Å²) in [5, 5.41) is 2.83. The summed E-state index contributed by atoms with van der Waals surface area (Å²) in [5.41, 5.74) is -0.745. The first-order chi connectivity index (χ1) is 6.91. The van der Waals surface area contributed by atoms with E-state index in [2.05, 4.69) is 19.2 Å². The van der Waals surface area contributed by atoms with Crippen molar-refractivity contribution in [2.45, 2.75) is 39.3 Å². The Hall–Kier alpha value is -1.06. The smallest absolute Gasteiger partial charge is 0.336 e. The zero-order valence-corrected chi connectivity index (χ0v) is 9.53. The van der Waals surface area contributed by atoms with Crippen molar-refractivity contribution in [3.05, 3.63) is 0 Å². The zero-order valence-electron chi connectivity index (χ0n) is 9.53. The van der Waals surface area contributed by atoms with E-state index in [-0.39, 0.29) is 29.8 Å². The van der Waals surface area contributed by atoms with Crippen LogP contribution in [0.15, 0.2) is 0 Å². The molecule has 1 amide bonds. The van der Waals surface area contributed by atoms with Crippen LogP contribution < -0.4 is 5.32 Å². The minimum atomic E-state index is -0.745. The molecule has 2 aliphatic heterocycles.